The molecule has 0 radical (unpaired) electrons. The van der Waals surface area contributed by atoms with Crippen LogP contribution in [0.3, 0.4) is 0 Å². The van der Waals surface area contributed by atoms with E-state index in [0.29, 0.717) is 0 Å². The third-order valence-electron chi connectivity index (χ3n) is 2.28. The van der Waals surface area contributed by atoms with E-state index in [9.17, 15) is 0 Å². The summed E-state index contributed by atoms with van der Waals surface area (Å²) < 4.78 is 0. The highest BCUT2D eigenvalue weighted by Crippen LogP contribution is 2.22. The first kappa shape index (κ1) is 10.4. The summed E-state index contributed by atoms with van der Waals surface area (Å²) in [5, 5.41) is 2.07. The molecule has 0 spiro atoms. The topological polar surface area (TPSA) is 54.7 Å². The summed E-state index contributed by atoms with van der Waals surface area (Å²) in [5.41, 5.74) is 6.56. The summed E-state index contributed by atoms with van der Waals surface area (Å²) in [5.74, 6) is 1.06. The lowest BCUT2D eigenvalue weighted by Gasteiger charge is -1.95. The summed E-state index contributed by atoms with van der Waals surface area (Å²) in [6, 6.07) is 4.15. The van der Waals surface area contributed by atoms with Gasteiger partial charge in [0.15, 0.2) is 0 Å². The largest absolute Gasteiger partial charge is 0.341 e. The van der Waals surface area contributed by atoms with E-state index in [0.717, 1.165) is 37.3 Å². The number of thiophene rings is 1. The summed E-state index contributed by atoms with van der Waals surface area (Å²) in [6.07, 6.45) is 5.06. The standard InChI is InChI=1S/C11H15N3S/c12-6-2-1-5-11-13-8-9(14-11)10-4-3-7-15-10/h3-4,7-8H,1-2,5-6,12H2,(H,13,14). The van der Waals surface area contributed by atoms with E-state index < -0.39 is 0 Å². The van der Waals surface area contributed by atoms with E-state index in [1.165, 1.54) is 4.88 Å². The maximum atomic E-state index is 5.45. The number of nitrogens with one attached hydrogen (secondary N) is 1. The van der Waals surface area contributed by atoms with Crippen molar-refractivity contribution in [3.05, 3.63) is 29.5 Å². The van der Waals surface area contributed by atoms with E-state index in [4.69, 9.17) is 5.73 Å². The van der Waals surface area contributed by atoms with Crippen molar-refractivity contribution in [3.63, 3.8) is 0 Å². The molecule has 0 aromatic carbocycles. The smallest absolute Gasteiger partial charge is 0.106 e. The second-order valence-electron chi connectivity index (χ2n) is 3.47. The number of hydrogen-bond acceptors (Lipinski definition) is 3. The molecular formula is C11H15N3S. The SMILES string of the molecule is NCCCCc1ncc(-c2cccs2)[nH]1. The van der Waals surface area contributed by atoms with Gasteiger partial charge < -0.3 is 10.7 Å². The number of unbranched alkanes of at least 4 members (excludes halogenated alkanes) is 1. The van der Waals surface area contributed by atoms with Gasteiger partial charge in [-0.2, -0.15) is 0 Å². The number of aromatic nitrogens is 2. The van der Waals surface area contributed by atoms with Crippen LogP contribution in [0.25, 0.3) is 10.6 Å². The zero-order chi connectivity index (χ0) is 10.5. The van der Waals surface area contributed by atoms with E-state index in [2.05, 4.69) is 27.5 Å². The predicted octanol–water partition coefficient (Wildman–Crippen LogP) is 2.42. The molecular weight excluding hydrogens is 206 g/mol. The fourth-order valence-electron chi connectivity index (χ4n) is 1.48. The fraction of sp³-hybridized carbons (Fsp3) is 0.364. The molecule has 0 unspecified atom stereocenters. The highest BCUT2D eigenvalue weighted by molar-refractivity contribution is 7.13. The van der Waals surface area contributed by atoms with Crippen molar-refractivity contribution in [2.24, 2.45) is 5.73 Å². The number of hydrogen-bond donors (Lipinski definition) is 2. The van der Waals surface area contributed by atoms with Crippen molar-refractivity contribution in [3.8, 4) is 10.6 Å². The molecule has 0 bridgehead atoms. The van der Waals surface area contributed by atoms with Crippen molar-refractivity contribution in [1.29, 1.82) is 0 Å². The first-order chi connectivity index (χ1) is 7.40. The highest BCUT2D eigenvalue weighted by Gasteiger charge is 2.03. The van der Waals surface area contributed by atoms with E-state index in [1.807, 2.05) is 6.20 Å². The maximum absolute atomic E-state index is 5.45. The van der Waals surface area contributed by atoms with Crippen LogP contribution in [0.2, 0.25) is 0 Å². The maximum Gasteiger partial charge on any atom is 0.106 e. The Labute approximate surface area is 93.4 Å². The molecule has 2 aromatic rings. The molecule has 15 heavy (non-hydrogen) atoms. The zero-order valence-corrected chi connectivity index (χ0v) is 9.39. The Morgan fingerprint density at radius 1 is 1.40 bits per heavy atom. The summed E-state index contributed by atoms with van der Waals surface area (Å²) >= 11 is 1.73. The minimum absolute atomic E-state index is 0.762. The minimum Gasteiger partial charge on any atom is -0.341 e. The Bertz CT molecular complexity index is 392. The molecule has 0 atom stereocenters. The summed E-state index contributed by atoms with van der Waals surface area (Å²) in [6.45, 7) is 0.762. The first-order valence-corrected chi connectivity index (χ1v) is 6.06. The molecule has 2 aromatic heterocycles. The van der Waals surface area contributed by atoms with Crippen LogP contribution in [-0.4, -0.2) is 16.5 Å². The van der Waals surface area contributed by atoms with Gasteiger partial charge in [0, 0.05) is 6.42 Å². The molecule has 0 saturated carbocycles. The van der Waals surface area contributed by atoms with Gasteiger partial charge in [0.25, 0.3) is 0 Å². The van der Waals surface area contributed by atoms with Crippen LogP contribution in [0.4, 0.5) is 0 Å². The van der Waals surface area contributed by atoms with Crippen molar-refractivity contribution >= 4 is 11.3 Å². The summed E-state index contributed by atoms with van der Waals surface area (Å²) in [7, 11) is 0. The van der Waals surface area contributed by atoms with E-state index in [1.54, 1.807) is 11.3 Å². The molecule has 0 saturated heterocycles. The van der Waals surface area contributed by atoms with Gasteiger partial charge in [-0.1, -0.05) is 6.07 Å². The van der Waals surface area contributed by atoms with Gasteiger partial charge in [-0.25, -0.2) is 4.98 Å². The molecule has 2 heterocycles. The monoisotopic (exact) mass is 221 g/mol. The van der Waals surface area contributed by atoms with Gasteiger partial charge >= 0.3 is 0 Å². The predicted molar refractivity (Wildman–Crippen MR) is 63.9 cm³/mol. The number of rotatable bonds is 5. The van der Waals surface area contributed by atoms with Crippen LogP contribution in [0.15, 0.2) is 23.7 Å². The lowest BCUT2D eigenvalue weighted by atomic mass is 10.2. The third-order valence-corrected chi connectivity index (χ3v) is 3.19. The fourth-order valence-corrected chi connectivity index (χ4v) is 2.17. The molecule has 0 aliphatic rings. The number of imidazole rings is 1. The van der Waals surface area contributed by atoms with Crippen LogP contribution < -0.4 is 5.73 Å². The number of nitrogens with zero attached hydrogens (tertiary/aromatic N) is 1. The first-order valence-electron chi connectivity index (χ1n) is 5.18. The molecule has 3 N–H and O–H groups in total. The number of nitrogens with two attached hydrogens (primary N) is 1. The summed E-state index contributed by atoms with van der Waals surface area (Å²) in [4.78, 5) is 8.93. The highest BCUT2D eigenvalue weighted by atomic mass is 32.1. The van der Waals surface area contributed by atoms with Crippen LogP contribution >= 0.6 is 11.3 Å². The molecule has 4 heteroatoms. The van der Waals surface area contributed by atoms with Crippen LogP contribution in [-0.2, 0) is 6.42 Å². The minimum atomic E-state index is 0.762. The molecule has 0 aliphatic carbocycles. The quantitative estimate of drug-likeness (QED) is 0.762. The normalized spacial score (nSPS) is 10.7. The lowest BCUT2D eigenvalue weighted by Crippen LogP contribution is -1.99. The van der Waals surface area contributed by atoms with Crippen molar-refractivity contribution in [2.45, 2.75) is 19.3 Å². The van der Waals surface area contributed by atoms with Gasteiger partial charge in [0.05, 0.1) is 16.8 Å². The Kier molecular flexibility index (Phi) is 3.53. The number of aryl methyl sites for hydroxylation is 1. The van der Waals surface area contributed by atoms with Crippen LogP contribution in [0, 0.1) is 0 Å². The molecule has 80 valence electrons. The Morgan fingerprint density at radius 2 is 2.33 bits per heavy atom. The van der Waals surface area contributed by atoms with Crippen molar-refractivity contribution < 1.29 is 0 Å². The number of H-pyrrole nitrogens is 1. The van der Waals surface area contributed by atoms with Gasteiger partial charge in [-0.3, -0.25) is 0 Å². The van der Waals surface area contributed by atoms with Crippen LogP contribution in [0.5, 0.6) is 0 Å². The van der Waals surface area contributed by atoms with Crippen molar-refractivity contribution in [2.75, 3.05) is 6.54 Å². The van der Waals surface area contributed by atoms with E-state index >= 15 is 0 Å². The third kappa shape index (κ3) is 2.67. The number of aromatic amines is 1. The van der Waals surface area contributed by atoms with Gasteiger partial charge in [0.2, 0.25) is 0 Å². The van der Waals surface area contributed by atoms with E-state index in [-0.39, 0.29) is 0 Å². The van der Waals surface area contributed by atoms with Gasteiger partial charge in [-0.15, -0.1) is 11.3 Å². The molecule has 2 rings (SSSR count). The second kappa shape index (κ2) is 5.09. The van der Waals surface area contributed by atoms with Crippen molar-refractivity contribution in [1.82, 2.24) is 9.97 Å². The molecule has 0 aliphatic heterocycles. The Hall–Kier alpha value is -1.13. The average Bonchev–Trinajstić information content (AvgIpc) is 2.87. The molecule has 0 fully saturated rings. The van der Waals surface area contributed by atoms with Gasteiger partial charge in [0.1, 0.15) is 5.82 Å². The molecule has 3 nitrogen and oxygen atoms in total. The average molecular weight is 221 g/mol. The second-order valence-corrected chi connectivity index (χ2v) is 4.41. The molecule has 0 amide bonds. The Morgan fingerprint density at radius 3 is 3.07 bits per heavy atom. The van der Waals surface area contributed by atoms with Gasteiger partial charge in [-0.05, 0) is 30.8 Å². The Balaban J connectivity index is 1.98. The zero-order valence-electron chi connectivity index (χ0n) is 8.57. The lowest BCUT2D eigenvalue weighted by molar-refractivity contribution is 0.723. The van der Waals surface area contributed by atoms with Crippen LogP contribution in [0.1, 0.15) is 18.7 Å².